The molecule has 17 heavy (non-hydrogen) atoms. The Bertz CT molecular complexity index is 417. The van der Waals surface area contributed by atoms with Crippen LogP contribution in [-0.2, 0) is 9.53 Å². The third-order valence-corrected chi connectivity index (χ3v) is 2.98. The van der Waals surface area contributed by atoms with Crippen LogP contribution in [0.3, 0.4) is 0 Å². The number of halogens is 1. The number of rotatable bonds is 4. The van der Waals surface area contributed by atoms with E-state index in [0.717, 1.165) is 5.56 Å². The van der Waals surface area contributed by atoms with E-state index in [2.05, 4.69) is 15.9 Å². The smallest absolute Gasteiger partial charge is 0.339 e. The molecule has 1 aromatic carbocycles. The maximum absolute atomic E-state index is 11.5. The summed E-state index contributed by atoms with van der Waals surface area (Å²) >= 11 is 3.31. The first kappa shape index (κ1) is 14.0. The Kier molecular flexibility index (Phi) is 4.96. The van der Waals surface area contributed by atoms with Crippen LogP contribution in [0.15, 0.2) is 16.6 Å². The number of ether oxygens (including phenoxy) is 2. The molecule has 0 amide bonds. The third kappa shape index (κ3) is 2.98. The summed E-state index contributed by atoms with van der Waals surface area (Å²) in [6.07, 6.45) is -1.33. The molecule has 1 rings (SSSR count). The zero-order valence-electron chi connectivity index (χ0n) is 9.99. The minimum atomic E-state index is -1.33. The summed E-state index contributed by atoms with van der Waals surface area (Å²) in [5.74, 6) is -0.224. The fraction of sp³-hybridized carbons (Fsp3) is 0.417. The van der Waals surface area contributed by atoms with Crippen molar-refractivity contribution >= 4 is 21.9 Å². The number of benzene rings is 1. The van der Waals surface area contributed by atoms with E-state index >= 15 is 0 Å². The molecule has 0 saturated heterocycles. The Morgan fingerprint density at radius 2 is 2.18 bits per heavy atom. The molecule has 1 atom stereocenters. The molecule has 0 aromatic heterocycles. The lowest BCUT2D eigenvalue weighted by Gasteiger charge is -2.17. The van der Waals surface area contributed by atoms with Gasteiger partial charge in [0.25, 0.3) is 0 Å². The molecule has 0 radical (unpaired) electrons. The molecule has 94 valence electrons. The lowest BCUT2D eigenvalue weighted by Crippen LogP contribution is -2.17. The highest BCUT2D eigenvalue weighted by molar-refractivity contribution is 9.10. The Balaban J connectivity index is 3.20. The number of hydrogen-bond donors (Lipinski definition) is 1. The number of hydrogen-bond acceptors (Lipinski definition) is 4. The molecular formula is C12H15BrO4. The number of aryl methyl sites for hydroxylation is 1. The summed E-state index contributed by atoms with van der Waals surface area (Å²) in [4.78, 5) is 11.5. The van der Waals surface area contributed by atoms with Crippen molar-refractivity contribution in [2.75, 3.05) is 13.7 Å². The minimum absolute atomic E-state index is 0.227. The van der Waals surface area contributed by atoms with Crippen molar-refractivity contribution in [2.45, 2.75) is 20.0 Å². The van der Waals surface area contributed by atoms with Crippen molar-refractivity contribution in [3.05, 3.63) is 27.7 Å². The third-order valence-electron chi connectivity index (χ3n) is 2.35. The molecule has 0 aliphatic rings. The molecule has 1 unspecified atom stereocenters. The van der Waals surface area contributed by atoms with Crippen LogP contribution < -0.4 is 4.74 Å². The molecule has 0 aliphatic carbocycles. The second kappa shape index (κ2) is 6.02. The second-order valence-electron chi connectivity index (χ2n) is 3.47. The average molecular weight is 303 g/mol. The minimum Gasteiger partial charge on any atom is -0.495 e. The van der Waals surface area contributed by atoms with Gasteiger partial charge in [0.2, 0.25) is 0 Å². The number of carbonyl (C=O) groups excluding carboxylic acids is 1. The van der Waals surface area contributed by atoms with Crippen molar-refractivity contribution < 1.29 is 19.4 Å². The zero-order chi connectivity index (χ0) is 13.0. The molecule has 1 aromatic rings. The van der Waals surface area contributed by atoms with Crippen molar-refractivity contribution in [3.63, 3.8) is 0 Å². The maximum Gasteiger partial charge on any atom is 0.339 e. The molecule has 0 spiro atoms. The van der Waals surface area contributed by atoms with Gasteiger partial charge in [0.15, 0.2) is 6.10 Å². The van der Waals surface area contributed by atoms with Gasteiger partial charge < -0.3 is 14.6 Å². The first-order valence-electron chi connectivity index (χ1n) is 5.20. The van der Waals surface area contributed by atoms with Crippen LogP contribution in [0.5, 0.6) is 5.75 Å². The fourth-order valence-electron chi connectivity index (χ4n) is 1.56. The topological polar surface area (TPSA) is 55.8 Å². The molecule has 0 heterocycles. The van der Waals surface area contributed by atoms with Crippen LogP contribution in [0.4, 0.5) is 0 Å². The van der Waals surface area contributed by atoms with Gasteiger partial charge in [0, 0.05) is 5.56 Å². The standard InChI is InChI=1S/C12H15BrO4/c1-4-17-12(15)10(14)9-7(2)5-6-8(13)11(9)16-3/h5-6,10,14H,4H2,1-3H3. The van der Waals surface area contributed by atoms with E-state index < -0.39 is 12.1 Å². The summed E-state index contributed by atoms with van der Waals surface area (Å²) in [6.45, 7) is 3.72. The van der Waals surface area contributed by atoms with Crippen molar-refractivity contribution in [2.24, 2.45) is 0 Å². The van der Waals surface area contributed by atoms with Crippen molar-refractivity contribution in [1.82, 2.24) is 0 Å². The largest absolute Gasteiger partial charge is 0.495 e. The number of aliphatic hydroxyl groups excluding tert-OH is 1. The van der Waals surface area contributed by atoms with Gasteiger partial charge in [-0.05, 0) is 41.4 Å². The normalized spacial score (nSPS) is 12.1. The molecule has 1 N–H and O–H groups in total. The first-order chi connectivity index (χ1) is 8.02. The number of carbonyl (C=O) groups is 1. The molecule has 0 saturated carbocycles. The Labute approximate surface area is 109 Å². The van der Waals surface area contributed by atoms with Crippen molar-refractivity contribution in [3.8, 4) is 5.75 Å². The predicted molar refractivity (Wildman–Crippen MR) is 67.0 cm³/mol. The molecule has 0 bridgehead atoms. The Hall–Kier alpha value is -1.07. The van der Waals surface area contributed by atoms with Gasteiger partial charge in [-0.15, -0.1) is 0 Å². The number of esters is 1. The van der Waals surface area contributed by atoms with Crippen LogP contribution in [0.1, 0.15) is 24.2 Å². The molecular weight excluding hydrogens is 288 g/mol. The SMILES string of the molecule is CCOC(=O)C(O)c1c(C)ccc(Br)c1OC. The molecule has 0 fully saturated rings. The van der Waals surface area contributed by atoms with Crippen LogP contribution in [0.2, 0.25) is 0 Å². The van der Waals surface area contributed by atoms with Gasteiger partial charge in [-0.3, -0.25) is 0 Å². The van der Waals surface area contributed by atoms with E-state index in [9.17, 15) is 9.90 Å². The second-order valence-corrected chi connectivity index (χ2v) is 4.32. The highest BCUT2D eigenvalue weighted by Gasteiger charge is 2.25. The first-order valence-corrected chi connectivity index (χ1v) is 5.99. The average Bonchev–Trinajstić information content (AvgIpc) is 2.31. The van der Waals surface area contributed by atoms with E-state index in [0.29, 0.717) is 15.8 Å². The number of aliphatic hydroxyl groups is 1. The zero-order valence-corrected chi connectivity index (χ0v) is 11.6. The Morgan fingerprint density at radius 1 is 1.53 bits per heavy atom. The highest BCUT2D eigenvalue weighted by Crippen LogP contribution is 2.35. The molecule has 5 heteroatoms. The summed E-state index contributed by atoms with van der Waals surface area (Å²) < 4.78 is 10.7. The van der Waals surface area contributed by atoms with Crippen LogP contribution in [0, 0.1) is 6.92 Å². The molecule has 0 aliphatic heterocycles. The van der Waals surface area contributed by atoms with E-state index in [-0.39, 0.29) is 6.61 Å². The lowest BCUT2D eigenvalue weighted by atomic mass is 10.0. The van der Waals surface area contributed by atoms with Gasteiger partial charge in [0.1, 0.15) is 5.75 Å². The fourth-order valence-corrected chi connectivity index (χ4v) is 2.07. The van der Waals surface area contributed by atoms with Gasteiger partial charge in [0.05, 0.1) is 18.2 Å². The number of methoxy groups -OCH3 is 1. The lowest BCUT2D eigenvalue weighted by molar-refractivity contribution is -0.153. The van der Waals surface area contributed by atoms with Crippen molar-refractivity contribution in [1.29, 1.82) is 0 Å². The summed E-state index contributed by atoms with van der Waals surface area (Å²) in [6, 6.07) is 3.60. The van der Waals surface area contributed by atoms with Gasteiger partial charge in [-0.25, -0.2) is 4.79 Å². The Morgan fingerprint density at radius 3 is 2.71 bits per heavy atom. The predicted octanol–water partition coefficient (Wildman–Crippen LogP) is 2.36. The van der Waals surface area contributed by atoms with Crippen LogP contribution in [0.25, 0.3) is 0 Å². The van der Waals surface area contributed by atoms with E-state index in [4.69, 9.17) is 9.47 Å². The van der Waals surface area contributed by atoms with Crippen LogP contribution in [-0.4, -0.2) is 24.8 Å². The summed E-state index contributed by atoms with van der Waals surface area (Å²) in [5, 5.41) is 9.96. The monoisotopic (exact) mass is 302 g/mol. The summed E-state index contributed by atoms with van der Waals surface area (Å²) in [5.41, 5.74) is 1.20. The van der Waals surface area contributed by atoms with E-state index in [1.165, 1.54) is 7.11 Å². The quantitative estimate of drug-likeness (QED) is 0.868. The highest BCUT2D eigenvalue weighted by atomic mass is 79.9. The maximum atomic E-state index is 11.5. The van der Waals surface area contributed by atoms with Crippen LogP contribution >= 0.6 is 15.9 Å². The summed E-state index contributed by atoms with van der Waals surface area (Å²) in [7, 11) is 1.49. The van der Waals surface area contributed by atoms with E-state index in [1.54, 1.807) is 26.0 Å². The van der Waals surface area contributed by atoms with Gasteiger partial charge in [-0.2, -0.15) is 0 Å². The van der Waals surface area contributed by atoms with Gasteiger partial charge in [-0.1, -0.05) is 6.07 Å². The van der Waals surface area contributed by atoms with E-state index in [1.807, 2.05) is 0 Å². The molecule has 4 nitrogen and oxygen atoms in total. The van der Waals surface area contributed by atoms with Gasteiger partial charge >= 0.3 is 5.97 Å².